The first-order valence-electron chi connectivity index (χ1n) is 15.4. The number of pyridine rings is 2. The standard InChI is InChI=1S/C35H31ClN8O4/c1-21-5-3-10-38-30(21)20-47-25-8-9-28(27(36)13-25)42-33-22(16-37)17-41-29-15-32(31(46-2)14-26(29)33)48-35(45)43-18-23-6-7-24(19-43)44(23)34-39-11-4-12-40-34/h3-5,8-15,17,23-24H,6-7,18-20H2,1-2H3,(H,41,42). The van der Waals surface area contributed by atoms with E-state index in [1.54, 1.807) is 59.9 Å². The Morgan fingerprint density at radius 2 is 1.79 bits per heavy atom. The molecule has 48 heavy (non-hydrogen) atoms. The summed E-state index contributed by atoms with van der Waals surface area (Å²) in [6.07, 6.45) is 8.07. The number of hydrogen-bond donors (Lipinski definition) is 1. The van der Waals surface area contributed by atoms with Crippen molar-refractivity contribution in [3.63, 3.8) is 0 Å². The Kier molecular flexibility index (Phi) is 8.52. The van der Waals surface area contributed by atoms with E-state index in [0.717, 1.165) is 24.1 Å². The van der Waals surface area contributed by atoms with Gasteiger partial charge < -0.3 is 29.3 Å². The summed E-state index contributed by atoms with van der Waals surface area (Å²) in [6, 6.07) is 16.7. The van der Waals surface area contributed by atoms with E-state index in [0.29, 0.717) is 70.0 Å². The third-order valence-corrected chi connectivity index (χ3v) is 9.00. The fraction of sp³-hybridized carbons (Fsp3) is 0.257. The fourth-order valence-electron chi connectivity index (χ4n) is 6.26. The van der Waals surface area contributed by atoms with Gasteiger partial charge in [-0.2, -0.15) is 5.26 Å². The summed E-state index contributed by atoms with van der Waals surface area (Å²) in [5, 5.41) is 14.2. The Morgan fingerprint density at radius 3 is 2.50 bits per heavy atom. The molecule has 7 rings (SSSR count). The van der Waals surface area contributed by atoms with Gasteiger partial charge in [0.05, 0.1) is 52.4 Å². The fourth-order valence-corrected chi connectivity index (χ4v) is 6.48. The number of methoxy groups -OCH3 is 1. The molecule has 2 bridgehead atoms. The number of anilines is 3. The maximum atomic E-state index is 13.4. The Balaban J connectivity index is 1.10. The second-order valence-electron chi connectivity index (χ2n) is 11.6. The predicted octanol–water partition coefficient (Wildman–Crippen LogP) is 6.44. The first-order valence-corrected chi connectivity index (χ1v) is 15.8. The lowest BCUT2D eigenvalue weighted by atomic mass is 10.1. The van der Waals surface area contributed by atoms with E-state index in [9.17, 15) is 10.1 Å². The quantitative estimate of drug-likeness (QED) is 0.196. The molecule has 0 saturated carbocycles. The number of aryl methyl sites for hydroxylation is 1. The molecule has 12 nitrogen and oxygen atoms in total. The van der Waals surface area contributed by atoms with Gasteiger partial charge in [-0.15, -0.1) is 0 Å². The largest absolute Gasteiger partial charge is 0.493 e. The summed E-state index contributed by atoms with van der Waals surface area (Å²) < 4.78 is 17.5. The average molecular weight is 663 g/mol. The van der Waals surface area contributed by atoms with Crippen LogP contribution in [-0.4, -0.2) is 63.2 Å². The number of fused-ring (bicyclic) bond motifs is 3. The number of nitrogens with one attached hydrogen (secondary N) is 1. The first kappa shape index (κ1) is 31.0. The van der Waals surface area contributed by atoms with Crippen LogP contribution in [0.2, 0.25) is 5.02 Å². The SMILES string of the molecule is COc1cc2c(Nc3ccc(OCc4ncccc4C)cc3Cl)c(C#N)cnc2cc1OC(=O)N1CC2CCC(C1)N2c1ncccn1. The number of carbonyl (C=O) groups is 1. The van der Waals surface area contributed by atoms with Gasteiger partial charge in [0.25, 0.3) is 0 Å². The molecular formula is C35H31ClN8O4. The number of piperazine rings is 1. The zero-order valence-corrected chi connectivity index (χ0v) is 27.0. The van der Waals surface area contributed by atoms with E-state index >= 15 is 0 Å². The summed E-state index contributed by atoms with van der Waals surface area (Å²) in [5.41, 5.74) is 3.71. The van der Waals surface area contributed by atoms with Crippen LogP contribution in [0, 0.1) is 18.3 Å². The predicted molar refractivity (Wildman–Crippen MR) is 180 cm³/mol. The summed E-state index contributed by atoms with van der Waals surface area (Å²) >= 11 is 6.67. The number of likely N-dealkylation sites (tertiary alicyclic amines) is 1. The lowest BCUT2D eigenvalue weighted by Gasteiger charge is -2.40. The molecule has 1 N–H and O–H groups in total. The number of halogens is 1. The van der Waals surface area contributed by atoms with Crippen LogP contribution < -0.4 is 24.4 Å². The Labute approximate surface area is 281 Å². The van der Waals surface area contributed by atoms with Crippen molar-refractivity contribution in [2.75, 3.05) is 30.4 Å². The maximum absolute atomic E-state index is 13.4. The van der Waals surface area contributed by atoms with Crippen molar-refractivity contribution in [3.8, 4) is 23.3 Å². The topological polar surface area (TPSA) is 139 Å². The van der Waals surface area contributed by atoms with Crippen molar-refractivity contribution in [2.45, 2.75) is 38.5 Å². The minimum absolute atomic E-state index is 0.106. The molecule has 3 aromatic heterocycles. The number of aromatic nitrogens is 4. The molecule has 1 amide bonds. The Bertz CT molecular complexity index is 2030. The molecule has 242 valence electrons. The third kappa shape index (κ3) is 6.08. The first-order chi connectivity index (χ1) is 23.4. The lowest BCUT2D eigenvalue weighted by Crippen LogP contribution is -2.56. The molecule has 2 aliphatic heterocycles. The zero-order valence-electron chi connectivity index (χ0n) is 26.3. The van der Waals surface area contributed by atoms with Gasteiger partial charge in [0.15, 0.2) is 11.5 Å². The van der Waals surface area contributed by atoms with Gasteiger partial charge in [-0.05, 0) is 55.7 Å². The molecule has 2 aliphatic rings. The van der Waals surface area contributed by atoms with Crippen LogP contribution in [-0.2, 0) is 6.61 Å². The van der Waals surface area contributed by atoms with Gasteiger partial charge in [0.1, 0.15) is 18.4 Å². The lowest BCUT2D eigenvalue weighted by molar-refractivity contribution is 0.138. The van der Waals surface area contributed by atoms with Crippen LogP contribution in [0.4, 0.5) is 22.1 Å². The smallest absolute Gasteiger partial charge is 0.415 e. The number of nitrogens with zero attached hydrogens (tertiary/aromatic N) is 7. The second-order valence-corrected chi connectivity index (χ2v) is 12.0. The second kappa shape index (κ2) is 13.2. The van der Waals surface area contributed by atoms with Crippen molar-refractivity contribution in [3.05, 3.63) is 95.2 Å². The van der Waals surface area contributed by atoms with Crippen LogP contribution in [0.3, 0.4) is 0 Å². The molecular weight excluding hydrogens is 632 g/mol. The molecule has 5 aromatic rings. The highest BCUT2D eigenvalue weighted by Crippen LogP contribution is 2.40. The molecule has 2 aromatic carbocycles. The number of ether oxygens (including phenoxy) is 3. The number of nitriles is 1. The summed E-state index contributed by atoms with van der Waals surface area (Å²) in [4.78, 5) is 35.1. The summed E-state index contributed by atoms with van der Waals surface area (Å²) in [6.45, 7) is 3.27. The molecule has 0 radical (unpaired) electrons. The van der Waals surface area contributed by atoms with Crippen LogP contribution in [0.5, 0.6) is 17.2 Å². The van der Waals surface area contributed by atoms with E-state index in [2.05, 4.69) is 36.2 Å². The normalized spacial score (nSPS) is 16.8. The Morgan fingerprint density at radius 1 is 1.02 bits per heavy atom. The van der Waals surface area contributed by atoms with E-state index in [-0.39, 0.29) is 17.8 Å². The molecule has 0 spiro atoms. The molecule has 13 heteroatoms. The van der Waals surface area contributed by atoms with Gasteiger partial charge >= 0.3 is 6.09 Å². The number of rotatable bonds is 8. The number of carbonyl (C=O) groups excluding carboxylic acids is 1. The highest BCUT2D eigenvalue weighted by Gasteiger charge is 2.43. The Hall–Kier alpha value is -5.67. The van der Waals surface area contributed by atoms with Crippen LogP contribution in [0.1, 0.15) is 29.7 Å². The number of benzene rings is 2. The van der Waals surface area contributed by atoms with Gasteiger partial charge in [0.2, 0.25) is 5.95 Å². The van der Waals surface area contributed by atoms with Gasteiger partial charge in [-0.1, -0.05) is 17.7 Å². The third-order valence-electron chi connectivity index (χ3n) is 8.69. The minimum atomic E-state index is -0.475. The number of amides is 1. The molecule has 5 heterocycles. The summed E-state index contributed by atoms with van der Waals surface area (Å²) in [7, 11) is 1.49. The highest BCUT2D eigenvalue weighted by molar-refractivity contribution is 6.33. The van der Waals surface area contributed by atoms with Gasteiger partial charge in [-0.3, -0.25) is 9.97 Å². The minimum Gasteiger partial charge on any atom is -0.493 e. The molecule has 2 atom stereocenters. The van der Waals surface area contributed by atoms with Crippen molar-refractivity contribution >= 4 is 45.9 Å². The van der Waals surface area contributed by atoms with Crippen LogP contribution >= 0.6 is 11.6 Å². The number of hydrogen-bond acceptors (Lipinski definition) is 11. The zero-order chi connectivity index (χ0) is 33.2. The van der Waals surface area contributed by atoms with Crippen molar-refractivity contribution in [1.29, 1.82) is 5.26 Å². The van der Waals surface area contributed by atoms with Gasteiger partial charge in [0, 0.05) is 55.4 Å². The maximum Gasteiger partial charge on any atom is 0.415 e. The highest BCUT2D eigenvalue weighted by atomic mass is 35.5. The van der Waals surface area contributed by atoms with Crippen molar-refractivity contribution in [1.82, 2.24) is 24.8 Å². The molecule has 0 aliphatic carbocycles. The van der Waals surface area contributed by atoms with Gasteiger partial charge in [-0.25, -0.2) is 14.8 Å². The van der Waals surface area contributed by atoms with E-state index < -0.39 is 6.09 Å². The molecule has 2 unspecified atom stereocenters. The van der Waals surface area contributed by atoms with E-state index in [1.165, 1.54) is 13.3 Å². The van der Waals surface area contributed by atoms with E-state index in [1.807, 2.05) is 19.1 Å². The van der Waals surface area contributed by atoms with Crippen LogP contribution in [0.15, 0.2) is 73.3 Å². The van der Waals surface area contributed by atoms with E-state index in [4.69, 9.17) is 25.8 Å². The average Bonchev–Trinajstić information content (AvgIpc) is 3.37. The van der Waals surface area contributed by atoms with Crippen molar-refractivity contribution < 1.29 is 19.0 Å². The summed E-state index contributed by atoms with van der Waals surface area (Å²) in [5.74, 6) is 1.80. The van der Waals surface area contributed by atoms with Crippen molar-refractivity contribution in [2.24, 2.45) is 0 Å². The molecule has 2 saturated heterocycles. The monoisotopic (exact) mass is 662 g/mol. The molecule has 2 fully saturated rings. The van der Waals surface area contributed by atoms with Crippen LogP contribution in [0.25, 0.3) is 10.9 Å².